The maximum absolute atomic E-state index is 12.0. The van der Waals surface area contributed by atoms with Crippen LogP contribution in [0.4, 0.5) is 18.9 Å². The van der Waals surface area contributed by atoms with Crippen molar-refractivity contribution >= 4 is 5.69 Å². The minimum atomic E-state index is -4.70. The Morgan fingerprint density at radius 3 is 2.25 bits per heavy atom. The second kappa shape index (κ2) is 5.28. The molecule has 4 nitrogen and oxygen atoms in total. The number of nitrogen functional groups attached to an aromatic ring is 1. The summed E-state index contributed by atoms with van der Waals surface area (Å²) in [7, 11) is 1.43. The van der Waals surface area contributed by atoms with Crippen LogP contribution in [0.2, 0.25) is 0 Å². The third-order valence-electron chi connectivity index (χ3n) is 2.47. The van der Waals surface area contributed by atoms with E-state index in [-0.39, 0.29) is 11.6 Å². The number of ether oxygens (including phenoxy) is 2. The van der Waals surface area contributed by atoms with Gasteiger partial charge in [0.05, 0.1) is 18.5 Å². The van der Waals surface area contributed by atoms with Crippen LogP contribution >= 0.6 is 0 Å². The van der Waals surface area contributed by atoms with E-state index in [2.05, 4.69) is 9.72 Å². The van der Waals surface area contributed by atoms with Gasteiger partial charge in [0.25, 0.3) is 0 Å². The smallest absolute Gasteiger partial charge is 0.480 e. The van der Waals surface area contributed by atoms with Crippen molar-refractivity contribution in [3.63, 3.8) is 0 Å². The lowest BCUT2D eigenvalue weighted by molar-refractivity contribution is -0.274. The molecule has 0 bridgehead atoms. The summed E-state index contributed by atoms with van der Waals surface area (Å²) >= 11 is 0. The molecule has 0 saturated heterocycles. The minimum Gasteiger partial charge on any atom is -0.480 e. The lowest BCUT2D eigenvalue weighted by Crippen LogP contribution is -2.16. The molecular formula is C13H11F3N2O2. The fourth-order valence-corrected chi connectivity index (χ4v) is 1.60. The van der Waals surface area contributed by atoms with E-state index in [1.54, 1.807) is 12.1 Å². The van der Waals surface area contributed by atoms with Crippen LogP contribution in [0, 0.1) is 0 Å². The van der Waals surface area contributed by atoms with Crippen molar-refractivity contribution in [2.75, 3.05) is 12.8 Å². The number of hydrogen-bond acceptors (Lipinski definition) is 4. The number of benzene rings is 1. The number of nitrogens with zero attached hydrogens (tertiary/aromatic N) is 1. The van der Waals surface area contributed by atoms with E-state index in [0.29, 0.717) is 16.9 Å². The molecule has 0 fully saturated rings. The van der Waals surface area contributed by atoms with E-state index >= 15 is 0 Å². The van der Waals surface area contributed by atoms with Crippen molar-refractivity contribution in [2.45, 2.75) is 6.36 Å². The number of nitrogens with two attached hydrogens (primary N) is 1. The van der Waals surface area contributed by atoms with E-state index in [9.17, 15) is 13.2 Å². The zero-order valence-electron chi connectivity index (χ0n) is 10.4. The van der Waals surface area contributed by atoms with Crippen LogP contribution in [0.1, 0.15) is 0 Å². The number of hydrogen-bond donors (Lipinski definition) is 1. The largest absolute Gasteiger partial charge is 0.573 e. The van der Waals surface area contributed by atoms with E-state index in [1.807, 2.05) is 0 Å². The summed E-state index contributed by atoms with van der Waals surface area (Å²) in [6.45, 7) is 0. The molecule has 20 heavy (non-hydrogen) atoms. The Bertz CT molecular complexity index is 598. The molecule has 2 N–H and O–H groups in total. The minimum absolute atomic E-state index is 0.262. The number of aromatic nitrogens is 1. The van der Waals surface area contributed by atoms with Crippen molar-refractivity contribution in [3.05, 3.63) is 36.4 Å². The van der Waals surface area contributed by atoms with E-state index in [4.69, 9.17) is 10.5 Å². The summed E-state index contributed by atoms with van der Waals surface area (Å²) in [6.07, 6.45) is -4.70. The first-order valence-corrected chi connectivity index (χ1v) is 5.56. The third-order valence-corrected chi connectivity index (χ3v) is 2.47. The highest BCUT2D eigenvalue weighted by Crippen LogP contribution is 2.28. The number of halogens is 3. The first-order valence-electron chi connectivity index (χ1n) is 5.56. The maximum atomic E-state index is 12.0. The van der Waals surface area contributed by atoms with E-state index in [0.717, 1.165) is 0 Å². The van der Waals surface area contributed by atoms with Gasteiger partial charge in [0, 0.05) is 5.56 Å². The Morgan fingerprint density at radius 1 is 1.05 bits per heavy atom. The molecule has 1 heterocycles. The summed E-state index contributed by atoms with van der Waals surface area (Å²) < 4.78 is 44.9. The Labute approximate surface area is 113 Å². The fraction of sp³-hybridized carbons (Fsp3) is 0.154. The van der Waals surface area contributed by atoms with Crippen molar-refractivity contribution < 1.29 is 22.6 Å². The van der Waals surface area contributed by atoms with Gasteiger partial charge in [-0.25, -0.2) is 4.98 Å². The molecule has 1 aromatic heterocycles. The number of rotatable bonds is 3. The highest BCUT2D eigenvalue weighted by Gasteiger charge is 2.30. The van der Waals surface area contributed by atoms with Gasteiger partial charge in [0.15, 0.2) is 0 Å². The molecule has 0 aliphatic rings. The molecule has 0 unspecified atom stereocenters. The molecule has 0 spiro atoms. The van der Waals surface area contributed by atoms with Crippen molar-refractivity contribution in [3.8, 4) is 22.9 Å². The van der Waals surface area contributed by atoms with E-state index < -0.39 is 6.36 Å². The molecule has 0 atom stereocenters. The van der Waals surface area contributed by atoms with Gasteiger partial charge >= 0.3 is 6.36 Å². The zero-order valence-corrected chi connectivity index (χ0v) is 10.4. The molecule has 0 saturated carbocycles. The van der Waals surface area contributed by atoms with Gasteiger partial charge in [-0.1, -0.05) is 0 Å². The molecule has 0 amide bonds. The molecule has 2 aromatic rings. The summed E-state index contributed by atoms with van der Waals surface area (Å²) in [5.41, 5.74) is 7.18. The molecular weight excluding hydrogens is 273 g/mol. The SMILES string of the molecule is COc1nc(-c2ccc(OC(F)(F)F)cc2)ccc1N. The molecule has 0 aliphatic heterocycles. The number of alkyl halides is 3. The highest BCUT2D eigenvalue weighted by atomic mass is 19.4. The summed E-state index contributed by atoms with van der Waals surface area (Å²) in [5, 5.41) is 0. The van der Waals surface area contributed by atoms with Gasteiger partial charge < -0.3 is 15.2 Å². The second-order valence-corrected chi connectivity index (χ2v) is 3.87. The molecule has 7 heteroatoms. The number of pyridine rings is 1. The predicted molar refractivity (Wildman–Crippen MR) is 67.3 cm³/mol. The van der Waals surface area contributed by atoms with Crippen molar-refractivity contribution in [2.24, 2.45) is 0 Å². The Kier molecular flexibility index (Phi) is 3.69. The van der Waals surface area contributed by atoms with Crippen LogP contribution < -0.4 is 15.2 Å². The Balaban J connectivity index is 2.26. The molecule has 0 radical (unpaired) electrons. The Hall–Kier alpha value is -2.44. The first-order chi connectivity index (χ1) is 9.39. The van der Waals surface area contributed by atoms with Crippen LogP contribution in [0.3, 0.4) is 0 Å². The lowest BCUT2D eigenvalue weighted by atomic mass is 10.1. The Morgan fingerprint density at radius 2 is 1.70 bits per heavy atom. The quantitative estimate of drug-likeness (QED) is 0.940. The van der Waals surface area contributed by atoms with Crippen LogP contribution in [0.25, 0.3) is 11.3 Å². The normalized spacial score (nSPS) is 11.2. The van der Waals surface area contributed by atoms with Gasteiger partial charge in [-0.15, -0.1) is 13.2 Å². The standard InChI is InChI=1S/C13H11F3N2O2/c1-19-12-10(17)6-7-11(18-12)8-2-4-9(5-3-8)20-13(14,15)16/h2-7H,17H2,1H3. The molecule has 106 valence electrons. The van der Waals surface area contributed by atoms with Gasteiger partial charge in [-0.05, 0) is 36.4 Å². The summed E-state index contributed by atoms with van der Waals surface area (Å²) in [6, 6.07) is 8.64. The summed E-state index contributed by atoms with van der Waals surface area (Å²) in [4.78, 5) is 4.16. The van der Waals surface area contributed by atoms with E-state index in [1.165, 1.54) is 31.4 Å². The van der Waals surface area contributed by atoms with Crippen LogP contribution in [0.5, 0.6) is 11.6 Å². The number of methoxy groups -OCH3 is 1. The monoisotopic (exact) mass is 284 g/mol. The fourth-order valence-electron chi connectivity index (χ4n) is 1.60. The van der Waals surface area contributed by atoms with Crippen LogP contribution in [0.15, 0.2) is 36.4 Å². The molecule has 2 rings (SSSR count). The third kappa shape index (κ3) is 3.31. The molecule has 1 aromatic carbocycles. The first kappa shape index (κ1) is 14.0. The topological polar surface area (TPSA) is 57.4 Å². The van der Waals surface area contributed by atoms with Crippen molar-refractivity contribution in [1.82, 2.24) is 4.98 Å². The van der Waals surface area contributed by atoms with Gasteiger partial charge in [-0.2, -0.15) is 0 Å². The van der Waals surface area contributed by atoms with Crippen LogP contribution in [-0.2, 0) is 0 Å². The second-order valence-electron chi connectivity index (χ2n) is 3.87. The molecule has 0 aliphatic carbocycles. The highest BCUT2D eigenvalue weighted by molar-refractivity contribution is 5.64. The van der Waals surface area contributed by atoms with Gasteiger partial charge in [0.2, 0.25) is 5.88 Å². The average Bonchev–Trinajstić information content (AvgIpc) is 2.38. The summed E-state index contributed by atoms with van der Waals surface area (Å²) in [5.74, 6) is -0.0261. The van der Waals surface area contributed by atoms with Gasteiger partial charge in [-0.3, -0.25) is 0 Å². The average molecular weight is 284 g/mol. The predicted octanol–water partition coefficient (Wildman–Crippen LogP) is 3.24. The van der Waals surface area contributed by atoms with Crippen LogP contribution in [-0.4, -0.2) is 18.5 Å². The number of anilines is 1. The van der Waals surface area contributed by atoms with Gasteiger partial charge in [0.1, 0.15) is 5.75 Å². The van der Waals surface area contributed by atoms with Crippen molar-refractivity contribution in [1.29, 1.82) is 0 Å². The lowest BCUT2D eigenvalue weighted by Gasteiger charge is -2.10. The maximum Gasteiger partial charge on any atom is 0.573 e. The zero-order chi connectivity index (χ0) is 14.8.